The van der Waals surface area contributed by atoms with Crippen molar-refractivity contribution >= 4 is 6.47 Å². The van der Waals surface area contributed by atoms with Gasteiger partial charge in [0.05, 0.1) is 5.56 Å². The predicted octanol–water partition coefficient (Wildman–Crippen LogP) is 3.95. The van der Waals surface area contributed by atoms with Gasteiger partial charge in [0, 0.05) is 5.56 Å². The number of ether oxygens (including phenoxy) is 1. The van der Waals surface area contributed by atoms with Crippen molar-refractivity contribution in [2.75, 3.05) is 0 Å². The number of rotatable bonds is 4. The minimum atomic E-state index is -4.36. The average molecular weight is 284 g/mol. The van der Waals surface area contributed by atoms with Crippen LogP contribution in [0, 0.1) is 6.92 Å². The molecule has 106 valence electrons. The molecule has 0 saturated heterocycles. The van der Waals surface area contributed by atoms with Crippen molar-refractivity contribution in [2.45, 2.75) is 19.7 Å². The molecule has 1 aromatic carbocycles. The summed E-state index contributed by atoms with van der Waals surface area (Å²) in [6.07, 6.45) is -4.36. The topological polar surface area (TPSA) is 39.4 Å². The third kappa shape index (κ3) is 3.01. The lowest BCUT2D eigenvalue weighted by Crippen LogP contribution is -2.03. The van der Waals surface area contributed by atoms with Gasteiger partial charge >= 0.3 is 6.18 Å². The third-order valence-electron chi connectivity index (χ3n) is 2.80. The second-order valence-corrected chi connectivity index (χ2v) is 4.20. The average Bonchev–Trinajstić information content (AvgIpc) is 2.77. The monoisotopic (exact) mass is 284 g/mol. The SMILES string of the molecule is Cc1cc(-c2ccc(C(F)(F)F)cc2)oc1COC=O. The maximum Gasteiger partial charge on any atom is 0.416 e. The molecule has 2 rings (SSSR count). The van der Waals surface area contributed by atoms with E-state index in [2.05, 4.69) is 4.74 Å². The molecular weight excluding hydrogens is 273 g/mol. The summed E-state index contributed by atoms with van der Waals surface area (Å²) in [4.78, 5) is 10.1. The van der Waals surface area contributed by atoms with Crippen molar-refractivity contribution in [1.29, 1.82) is 0 Å². The molecule has 0 N–H and O–H groups in total. The normalized spacial score (nSPS) is 11.4. The minimum absolute atomic E-state index is 0.00400. The number of hydrogen-bond donors (Lipinski definition) is 0. The maximum absolute atomic E-state index is 12.5. The van der Waals surface area contributed by atoms with Crippen LogP contribution in [0.2, 0.25) is 0 Å². The molecule has 0 unspecified atom stereocenters. The van der Waals surface area contributed by atoms with Gasteiger partial charge in [0.15, 0.2) is 0 Å². The lowest BCUT2D eigenvalue weighted by molar-refractivity contribution is -0.137. The van der Waals surface area contributed by atoms with Crippen molar-refractivity contribution in [2.24, 2.45) is 0 Å². The van der Waals surface area contributed by atoms with Gasteiger partial charge in [-0.05, 0) is 30.7 Å². The first-order chi connectivity index (χ1) is 9.41. The molecule has 6 heteroatoms. The molecule has 0 aliphatic rings. The molecule has 0 amide bonds. The van der Waals surface area contributed by atoms with E-state index in [0.717, 1.165) is 17.7 Å². The second kappa shape index (κ2) is 5.40. The summed E-state index contributed by atoms with van der Waals surface area (Å²) < 4.78 is 47.4. The molecule has 0 saturated carbocycles. The van der Waals surface area contributed by atoms with E-state index < -0.39 is 11.7 Å². The first-order valence-corrected chi connectivity index (χ1v) is 5.74. The summed E-state index contributed by atoms with van der Waals surface area (Å²) in [5.41, 5.74) is 0.578. The Labute approximate surface area is 113 Å². The van der Waals surface area contributed by atoms with Crippen molar-refractivity contribution in [1.82, 2.24) is 0 Å². The molecule has 0 bridgehead atoms. The molecule has 3 nitrogen and oxygen atoms in total. The molecular formula is C14H11F3O3. The summed E-state index contributed by atoms with van der Waals surface area (Å²) in [6, 6.07) is 6.35. The Kier molecular flexibility index (Phi) is 3.83. The van der Waals surface area contributed by atoms with Crippen LogP contribution < -0.4 is 0 Å². The van der Waals surface area contributed by atoms with Crippen LogP contribution in [-0.4, -0.2) is 6.47 Å². The Balaban J connectivity index is 2.26. The summed E-state index contributed by atoms with van der Waals surface area (Å²) >= 11 is 0. The zero-order chi connectivity index (χ0) is 14.8. The van der Waals surface area contributed by atoms with E-state index >= 15 is 0 Å². The largest absolute Gasteiger partial charge is 0.460 e. The third-order valence-corrected chi connectivity index (χ3v) is 2.80. The minimum Gasteiger partial charge on any atom is -0.460 e. The van der Waals surface area contributed by atoms with E-state index in [1.807, 2.05) is 0 Å². The van der Waals surface area contributed by atoms with E-state index in [4.69, 9.17) is 4.42 Å². The number of furan rings is 1. The zero-order valence-corrected chi connectivity index (χ0v) is 10.5. The van der Waals surface area contributed by atoms with E-state index in [9.17, 15) is 18.0 Å². The number of benzene rings is 1. The summed E-state index contributed by atoms with van der Waals surface area (Å²) in [5.74, 6) is 0.896. The zero-order valence-electron chi connectivity index (χ0n) is 10.5. The molecule has 2 aromatic rings. The number of halogens is 3. The van der Waals surface area contributed by atoms with Crippen LogP contribution in [0.3, 0.4) is 0 Å². The number of hydrogen-bond acceptors (Lipinski definition) is 3. The van der Waals surface area contributed by atoms with Crippen molar-refractivity contribution in [3.63, 3.8) is 0 Å². The Morgan fingerprint density at radius 3 is 2.45 bits per heavy atom. The van der Waals surface area contributed by atoms with Gasteiger partial charge in [-0.1, -0.05) is 12.1 Å². The van der Waals surface area contributed by atoms with Gasteiger partial charge in [0.2, 0.25) is 0 Å². The highest BCUT2D eigenvalue weighted by molar-refractivity contribution is 5.59. The molecule has 0 fully saturated rings. The highest BCUT2D eigenvalue weighted by Gasteiger charge is 2.30. The second-order valence-electron chi connectivity index (χ2n) is 4.20. The van der Waals surface area contributed by atoms with Crippen LogP contribution in [-0.2, 0) is 22.3 Å². The summed E-state index contributed by atoms with van der Waals surface area (Å²) in [5, 5.41) is 0. The predicted molar refractivity (Wildman–Crippen MR) is 64.7 cm³/mol. The first-order valence-electron chi connectivity index (χ1n) is 5.74. The van der Waals surface area contributed by atoms with Gasteiger partial charge in [0.1, 0.15) is 18.1 Å². The molecule has 1 aromatic heterocycles. The number of aryl methyl sites for hydroxylation is 1. The van der Waals surface area contributed by atoms with Gasteiger partial charge in [-0.15, -0.1) is 0 Å². The Morgan fingerprint density at radius 1 is 1.25 bits per heavy atom. The summed E-state index contributed by atoms with van der Waals surface area (Å²) in [7, 11) is 0. The molecule has 0 aliphatic heterocycles. The fourth-order valence-corrected chi connectivity index (χ4v) is 1.74. The van der Waals surface area contributed by atoms with Crippen LogP contribution >= 0.6 is 0 Å². The number of carbonyl (C=O) groups excluding carboxylic acids is 1. The number of carbonyl (C=O) groups is 1. The van der Waals surface area contributed by atoms with E-state index in [-0.39, 0.29) is 6.61 Å². The van der Waals surface area contributed by atoms with E-state index in [1.165, 1.54) is 12.1 Å². The Bertz CT molecular complexity index is 597. The molecule has 0 spiro atoms. The van der Waals surface area contributed by atoms with E-state index in [0.29, 0.717) is 23.6 Å². The van der Waals surface area contributed by atoms with Crippen molar-refractivity contribution in [3.05, 3.63) is 47.2 Å². The standard InChI is InChI=1S/C14H11F3O3/c1-9-6-12(20-13(9)7-19-8-18)10-2-4-11(5-3-10)14(15,16)17/h2-6,8H,7H2,1H3. The van der Waals surface area contributed by atoms with Gasteiger partial charge < -0.3 is 9.15 Å². The van der Waals surface area contributed by atoms with Crippen LogP contribution in [0.4, 0.5) is 13.2 Å². The summed E-state index contributed by atoms with van der Waals surface area (Å²) in [6.45, 7) is 2.07. The highest BCUT2D eigenvalue weighted by atomic mass is 19.4. The van der Waals surface area contributed by atoms with Crippen LogP contribution in [0.1, 0.15) is 16.9 Å². The fourth-order valence-electron chi connectivity index (χ4n) is 1.74. The molecule has 1 heterocycles. The first kappa shape index (κ1) is 14.2. The van der Waals surface area contributed by atoms with Crippen LogP contribution in [0.5, 0.6) is 0 Å². The Hall–Kier alpha value is -2.24. The maximum atomic E-state index is 12.5. The van der Waals surface area contributed by atoms with Crippen molar-refractivity contribution < 1.29 is 27.1 Å². The van der Waals surface area contributed by atoms with Gasteiger partial charge in [-0.25, -0.2) is 0 Å². The lowest BCUT2D eigenvalue weighted by Gasteiger charge is -2.06. The lowest BCUT2D eigenvalue weighted by atomic mass is 10.1. The fraction of sp³-hybridized carbons (Fsp3) is 0.214. The smallest absolute Gasteiger partial charge is 0.416 e. The van der Waals surface area contributed by atoms with Crippen LogP contribution in [0.25, 0.3) is 11.3 Å². The molecule has 0 atom stereocenters. The van der Waals surface area contributed by atoms with Gasteiger partial charge in [0.25, 0.3) is 6.47 Å². The molecule has 20 heavy (non-hydrogen) atoms. The Morgan fingerprint density at radius 2 is 1.90 bits per heavy atom. The highest BCUT2D eigenvalue weighted by Crippen LogP contribution is 2.32. The van der Waals surface area contributed by atoms with Crippen LogP contribution in [0.15, 0.2) is 34.7 Å². The van der Waals surface area contributed by atoms with Crippen molar-refractivity contribution in [3.8, 4) is 11.3 Å². The number of alkyl halides is 3. The molecule has 0 aliphatic carbocycles. The van der Waals surface area contributed by atoms with E-state index in [1.54, 1.807) is 13.0 Å². The quantitative estimate of drug-likeness (QED) is 0.798. The van der Waals surface area contributed by atoms with Gasteiger partial charge in [-0.3, -0.25) is 4.79 Å². The molecule has 0 radical (unpaired) electrons. The van der Waals surface area contributed by atoms with Gasteiger partial charge in [-0.2, -0.15) is 13.2 Å².